The van der Waals surface area contributed by atoms with Crippen molar-refractivity contribution >= 4 is 34.0 Å². The molecule has 2 heterocycles. The van der Waals surface area contributed by atoms with Crippen molar-refractivity contribution in [1.82, 2.24) is 15.3 Å². The average Bonchev–Trinajstić information content (AvgIpc) is 3.13. The number of hydrogen-bond acceptors (Lipinski definition) is 5. The Bertz CT molecular complexity index is 845. The molecule has 0 radical (unpaired) electrons. The van der Waals surface area contributed by atoms with Gasteiger partial charge in [-0.2, -0.15) is 0 Å². The normalized spacial score (nSPS) is 12.3. The third-order valence-electron chi connectivity index (χ3n) is 3.83. The van der Waals surface area contributed by atoms with Crippen molar-refractivity contribution in [3.63, 3.8) is 0 Å². The number of carbonyl (C=O) groups is 1. The van der Waals surface area contributed by atoms with Crippen LogP contribution >= 0.6 is 11.3 Å². The summed E-state index contributed by atoms with van der Waals surface area (Å²) < 4.78 is 0. The fraction of sp³-hybridized carbons (Fsp3) is 0.278. The zero-order valence-electron chi connectivity index (χ0n) is 13.9. The number of para-hydroxylation sites is 1. The highest BCUT2D eigenvalue weighted by Crippen LogP contribution is 2.28. The van der Waals surface area contributed by atoms with Crippen LogP contribution in [0.5, 0.6) is 0 Å². The molecular formula is C18H20N4OS. The molecule has 0 spiro atoms. The number of anilines is 1. The summed E-state index contributed by atoms with van der Waals surface area (Å²) in [5, 5.41) is 8.94. The molecule has 0 saturated carbocycles. The summed E-state index contributed by atoms with van der Waals surface area (Å²) in [5.41, 5.74) is 0.859. The first-order chi connectivity index (χ1) is 11.6. The van der Waals surface area contributed by atoms with E-state index in [9.17, 15) is 4.79 Å². The van der Waals surface area contributed by atoms with E-state index in [2.05, 4.69) is 15.6 Å². The summed E-state index contributed by atoms with van der Waals surface area (Å²) in [6, 6.07) is 11.5. The van der Waals surface area contributed by atoms with E-state index < -0.39 is 0 Å². The van der Waals surface area contributed by atoms with Gasteiger partial charge in [-0.05, 0) is 29.5 Å². The highest BCUT2D eigenvalue weighted by molar-refractivity contribution is 7.13. The summed E-state index contributed by atoms with van der Waals surface area (Å²) in [6.07, 6.45) is 0. The average molecular weight is 340 g/mol. The summed E-state index contributed by atoms with van der Waals surface area (Å²) in [5.74, 6) is 1.44. The van der Waals surface area contributed by atoms with Crippen molar-refractivity contribution in [2.45, 2.75) is 19.9 Å². The SMILES string of the molecule is CNC(=O)C(Nc1nc(-c2cccs2)nc2ccccc12)C(C)C. The molecule has 24 heavy (non-hydrogen) atoms. The van der Waals surface area contributed by atoms with Crippen LogP contribution in [-0.2, 0) is 4.79 Å². The minimum absolute atomic E-state index is 0.0506. The summed E-state index contributed by atoms with van der Waals surface area (Å²) in [6.45, 7) is 4.02. The summed E-state index contributed by atoms with van der Waals surface area (Å²) in [7, 11) is 1.65. The molecule has 0 saturated heterocycles. The van der Waals surface area contributed by atoms with E-state index in [0.717, 1.165) is 15.8 Å². The van der Waals surface area contributed by atoms with Gasteiger partial charge in [0.25, 0.3) is 0 Å². The maximum Gasteiger partial charge on any atom is 0.242 e. The molecule has 3 rings (SSSR count). The van der Waals surface area contributed by atoms with Crippen LogP contribution in [0.3, 0.4) is 0 Å². The molecule has 1 unspecified atom stereocenters. The summed E-state index contributed by atoms with van der Waals surface area (Å²) >= 11 is 1.60. The lowest BCUT2D eigenvalue weighted by Crippen LogP contribution is -2.41. The minimum atomic E-state index is -0.357. The third-order valence-corrected chi connectivity index (χ3v) is 4.70. The van der Waals surface area contributed by atoms with E-state index >= 15 is 0 Å². The van der Waals surface area contributed by atoms with E-state index in [1.165, 1.54) is 0 Å². The van der Waals surface area contributed by atoms with Crippen molar-refractivity contribution in [3.8, 4) is 10.7 Å². The zero-order valence-corrected chi connectivity index (χ0v) is 14.7. The predicted molar refractivity (Wildman–Crippen MR) is 99.2 cm³/mol. The predicted octanol–water partition coefficient (Wildman–Crippen LogP) is 3.54. The zero-order chi connectivity index (χ0) is 17.1. The topological polar surface area (TPSA) is 66.9 Å². The van der Waals surface area contributed by atoms with Crippen LogP contribution in [0, 0.1) is 5.92 Å². The van der Waals surface area contributed by atoms with Crippen LogP contribution in [0.25, 0.3) is 21.6 Å². The number of hydrogen-bond donors (Lipinski definition) is 2. The lowest BCUT2D eigenvalue weighted by molar-refractivity contribution is -0.122. The van der Waals surface area contributed by atoms with Gasteiger partial charge in [0.05, 0.1) is 10.4 Å². The highest BCUT2D eigenvalue weighted by atomic mass is 32.1. The van der Waals surface area contributed by atoms with E-state index in [1.54, 1.807) is 18.4 Å². The van der Waals surface area contributed by atoms with Crippen LogP contribution in [0.1, 0.15) is 13.8 Å². The molecule has 6 heteroatoms. The Morgan fingerprint density at radius 3 is 2.58 bits per heavy atom. The number of nitrogens with one attached hydrogen (secondary N) is 2. The number of carbonyl (C=O) groups excluding carboxylic acids is 1. The van der Waals surface area contributed by atoms with Crippen LogP contribution < -0.4 is 10.6 Å². The molecule has 124 valence electrons. The molecule has 5 nitrogen and oxygen atoms in total. The van der Waals surface area contributed by atoms with Crippen molar-refractivity contribution in [2.75, 3.05) is 12.4 Å². The fourth-order valence-corrected chi connectivity index (χ4v) is 3.20. The van der Waals surface area contributed by atoms with E-state index in [-0.39, 0.29) is 17.9 Å². The maximum atomic E-state index is 12.2. The number of thiophene rings is 1. The van der Waals surface area contributed by atoms with Gasteiger partial charge in [-0.1, -0.05) is 32.0 Å². The van der Waals surface area contributed by atoms with Crippen LogP contribution in [-0.4, -0.2) is 29.0 Å². The van der Waals surface area contributed by atoms with Crippen LogP contribution in [0.4, 0.5) is 5.82 Å². The van der Waals surface area contributed by atoms with Gasteiger partial charge < -0.3 is 10.6 Å². The Kier molecular flexibility index (Phi) is 4.76. The molecular weight excluding hydrogens is 320 g/mol. The summed E-state index contributed by atoms with van der Waals surface area (Å²) in [4.78, 5) is 22.5. The lowest BCUT2D eigenvalue weighted by Gasteiger charge is -2.22. The van der Waals surface area contributed by atoms with Gasteiger partial charge in [0.1, 0.15) is 11.9 Å². The van der Waals surface area contributed by atoms with E-state index in [0.29, 0.717) is 11.6 Å². The number of amides is 1. The van der Waals surface area contributed by atoms with Gasteiger partial charge in [-0.25, -0.2) is 9.97 Å². The third kappa shape index (κ3) is 3.23. The molecule has 0 aliphatic carbocycles. The first-order valence-electron chi connectivity index (χ1n) is 7.89. The van der Waals surface area contributed by atoms with Crippen molar-refractivity contribution < 1.29 is 4.79 Å². The van der Waals surface area contributed by atoms with Gasteiger partial charge in [-0.3, -0.25) is 4.79 Å². The standard InChI is InChI=1S/C18H20N4OS/c1-11(2)15(18(23)19-3)21-16-12-7-4-5-8-13(12)20-17(22-16)14-9-6-10-24-14/h4-11,15H,1-3H3,(H,19,23)(H,20,21,22). The van der Waals surface area contributed by atoms with Crippen molar-refractivity contribution in [1.29, 1.82) is 0 Å². The smallest absolute Gasteiger partial charge is 0.242 e. The van der Waals surface area contributed by atoms with E-state index in [1.807, 2.05) is 55.6 Å². The second-order valence-electron chi connectivity index (χ2n) is 5.87. The largest absolute Gasteiger partial charge is 0.358 e. The highest BCUT2D eigenvalue weighted by Gasteiger charge is 2.22. The Balaban J connectivity index is 2.10. The number of benzene rings is 1. The number of nitrogens with zero attached hydrogens (tertiary/aromatic N) is 2. The van der Waals surface area contributed by atoms with Gasteiger partial charge in [0.15, 0.2) is 5.82 Å². The molecule has 1 amide bonds. The van der Waals surface area contributed by atoms with E-state index in [4.69, 9.17) is 4.98 Å². The second kappa shape index (κ2) is 6.97. The Morgan fingerprint density at radius 1 is 1.12 bits per heavy atom. The molecule has 2 N–H and O–H groups in total. The monoisotopic (exact) mass is 340 g/mol. The number of likely N-dealkylation sites (N-methyl/N-ethyl adjacent to an activating group) is 1. The number of aromatic nitrogens is 2. The lowest BCUT2D eigenvalue weighted by atomic mass is 10.0. The quantitative estimate of drug-likeness (QED) is 0.745. The molecule has 0 fully saturated rings. The number of fused-ring (bicyclic) bond motifs is 1. The van der Waals surface area contributed by atoms with Crippen molar-refractivity contribution in [2.24, 2.45) is 5.92 Å². The Labute approximate surface area is 145 Å². The Hall–Kier alpha value is -2.47. The van der Waals surface area contributed by atoms with Crippen LogP contribution in [0.15, 0.2) is 41.8 Å². The molecule has 2 aromatic heterocycles. The van der Waals surface area contributed by atoms with Gasteiger partial charge in [0.2, 0.25) is 5.91 Å². The van der Waals surface area contributed by atoms with Gasteiger partial charge in [0, 0.05) is 12.4 Å². The molecule has 1 atom stereocenters. The Morgan fingerprint density at radius 2 is 1.92 bits per heavy atom. The van der Waals surface area contributed by atoms with Crippen LogP contribution in [0.2, 0.25) is 0 Å². The molecule has 0 bridgehead atoms. The fourth-order valence-electron chi connectivity index (χ4n) is 2.54. The molecule has 1 aromatic carbocycles. The van der Waals surface area contributed by atoms with Gasteiger partial charge >= 0.3 is 0 Å². The minimum Gasteiger partial charge on any atom is -0.358 e. The first-order valence-corrected chi connectivity index (χ1v) is 8.77. The molecule has 3 aromatic rings. The molecule has 0 aliphatic rings. The second-order valence-corrected chi connectivity index (χ2v) is 6.82. The first kappa shape index (κ1) is 16.4. The maximum absolute atomic E-state index is 12.2. The molecule has 0 aliphatic heterocycles. The number of rotatable bonds is 5. The van der Waals surface area contributed by atoms with Gasteiger partial charge in [-0.15, -0.1) is 11.3 Å². The van der Waals surface area contributed by atoms with Crippen molar-refractivity contribution in [3.05, 3.63) is 41.8 Å².